The van der Waals surface area contributed by atoms with E-state index in [1.165, 1.54) is 12.1 Å². The minimum absolute atomic E-state index is 0.285. The zero-order valence-electron chi connectivity index (χ0n) is 9.75. The highest BCUT2D eigenvalue weighted by atomic mass is 79.9. The largest absolute Gasteiger partial charge is 0.380 e. The molecule has 0 aliphatic carbocycles. The Balaban J connectivity index is 2.14. The van der Waals surface area contributed by atoms with Crippen molar-refractivity contribution in [3.63, 3.8) is 0 Å². The quantitative estimate of drug-likeness (QED) is 0.878. The molecule has 0 fully saturated rings. The lowest BCUT2D eigenvalue weighted by Gasteiger charge is -2.09. The Morgan fingerprint density at radius 1 is 1.26 bits per heavy atom. The van der Waals surface area contributed by atoms with E-state index in [4.69, 9.17) is 16.9 Å². The predicted octanol–water partition coefficient (Wildman–Crippen LogP) is 4.73. The van der Waals surface area contributed by atoms with E-state index < -0.39 is 5.82 Å². The Bertz CT molecular complexity index is 652. The molecule has 0 amide bonds. The summed E-state index contributed by atoms with van der Waals surface area (Å²) in [5.41, 5.74) is 1.90. The van der Waals surface area contributed by atoms with Crippen molar-refractivity contribution >= 4 is 33.2 Å². The highest BCUT2D eigenvalue weighted by molar-refractivity contribution is 9.10. The molecule has 2 aromatic rings. The maximum atomic E-state index is 13.0. The summed E-state index contributed by atoms with van der Waals surface area (Å²) in [6.07, 6.45) is 0. The van der Waals surface area contributed by atoms with Gasteiger partial charge in [0.1, 0.15) is 11.9 Å². The van der Waals surface area contributed by atoms with E-state index in [-0.39, 0.29) is 5.56 Å². The van der Waals surface area contributed by atoms with Crippen LogP contribution in [0.3, 0.4) is 0 Å². The molecule has 2 rings (SSSR count). The number of rotatable bonds is 3. The summed E-state index contributed by atoms with van der Waals surface area (Å²) in [5.74, 6) is -0.420. The van der Waals surface area contributed by atoms with E-state index in [0.717, 1.165) is 10.0 Å². The first-order chi connectivity index (χ1) is 9.10. The zero-order valence-corrected chi connectivity index (χ0v) is 12.1. The van der Waals surface area contributed by atoms with E-state index in [1.807, 2.05) is 18.2 Å². The Hall–Kier alpha value is -1.57. The molecular formula is C14H9BrClFN2. The SMILES string of the molecule is N#Cc1cc(F)ccc1NCc1ccc(Cl)c(Br)c1. The zero-order chi connectivity index (χ0) is 13.8. The third kappa shape index (κ3) is 3.46. The van der Waals surface area contributed by atoms with Crippen LogP contribution in [0, 0.1) is 17.1 Å². The minimum atomic E-state index is -0.420. The molecule has 0 aromatic heterocycles. The van der Waals surface area contributed by atoms with Crippen LogP contribution < -0.4 is 5.32 Å². The van der Waals surface area contributed by atoms with Crippen LogP contribution in [-0.4, -0.2) is 0 Å². The second-order valence-corrected chi connectivity index (χ2v) is 5.17. The van der Waals surface area contributed by atoms with Crippen LogP contribution in [0.25, 0.3) is 0 Å². The second kappa shape index (κ2) is 6.05. The summed E-state index contributed by atoms with van der Waals surface area (Å²) in [4.78, 5) is 0. The van der Waals surface area contributed by atoms with E-state index in [9.17, 15) is 4.39 Å². The van der Waals surface area contributed by atoms with Gasteiger partial charge in [0.2, 0.25) is 0 Å². The Morgan fingerprint density at radius 3 is 2.74 bits per heavy atom. The van der Waals surface area contributed by atoms with Crippen LogP contribution in [0.5, 0.6) is 0 Å². The number of benzene rings is 2. The van der Waals surface area contributed by atoms with Gasteiger partial charge in [-0.3, -0.25) is 0 Å². The molecule has 0 aliphatic rings. The van der Waals surface area contributed by atoms with Crippen molar-refractivity contribution in [2.45, 2.75) is 6.54 Å². The van der Waals surface area contributed by atoms with E-state index in [0.29, 0.717) is 17.3 Å². The number of anilines is 1. The summed E-state index contributed by atoms with van der Waals surface area (Å²) >= 11 is 9.26. The number of hydrogen-bond donors (Lipinski definition) is 1. The summed E-state index contributed by atoms with van der Waals surface area (Å²) in [7, 11) is 0. The summed E-state index contributed by atoms with van der Waals surface area (Å²) in [6.45, 7) is 0.524. The molecule has 1 N–H and O–H groups in total. The van der Waals surface area contributed by atoms with Gasteiger partial charge in [-0.25, -0.2) is 4.39 Å². The van der Waals surface area contributed by atoms with Gasteiger partial charge in [0.15, 0.2) is 0 Å². The molecule has 0 spiro atoms. The van der Waals surface area contributed by atoms with Crippen molar-refractivity contribution in [1.82, 2.24) is 0 Å². The highest BCUT2D eigenvalue weighted by Crippen LogP contribution is 2.24. The first kappa shape index (κ1) is 13.9. The fourth-order valence-electron chi connectivity index (χ4n) is 1.61. The molecule has 0 bridgehead atoms. The highest BCUT2D eigenvalue weighted by Gasteiger charge is 2.04. The van der Waals surface area contributed by atoms with Gasteiger partial charge in [0.05, 0.1) is 16.3 Å². The molecule has 0 saturated heterocycles. The van der Waals surface area contributed by atoms with Gasteiger partial charge in [-0.2, -0.15) is 5.26 Å². The van der Waals surface area contributed by atoms with Crippen molar-refractivity contribution in [3.8, 4) is 6.07 Å². The third-order valence-corrected chi connectivity index (χ3v) is 3.78. The van der Waals surface area contributed by atoms with Gasteiger partial charge in [0, 0.05) is 11.0 Å². The van der Waals surface area contributed by atoms with E-state index >= 15 is 0 Å². The number of nitrogens with zero attached hydrogens (tertiary/aromatic N) is 1. The Kier molecular flexibility index (Phi) is 4.41. The maximum Gasteiger partial charge on any atom is 0.124 e. The van der Waals surface area contributed by atoms with Crippen LogP contribution in [-0.2, 0) is 6.54 Å². The van der Waals surface area contributed by atoms with Crippen molar-refractivity contribution in [1.29, 1.82) is 5.26 Å². The van der Waals surface area contributed by atoms with Gasteiger partial charge >= 0.3 is 0 Å². The van der Waals surface area contributed by atoms with Gasteiger partial charge in [0.25, 0.3) is 0 Å². The van der Waals surface area contributed by atoms with Crippen molar-refractivity contribution in [2.75, 3.05) is 5.32 Å². The van der Waals surface area contributed by atoms with Gasteiger partial charge < -0.3 is 5.32 Å². The van der Waals surface area contributed by atoms with Crippen molar-refractivity contribution in [2.24, 2.45) is 0 Å². The van der Waals surface area contributed by atoms with Gasteiger partial charge in [-0.1, -0.05) is 17.7 Å². The molecule has 19 heavy (non-hydrogen) atoms. The molecule has 96 valence electrons. The molecule has 0 aliphatic heterocycles. The van der Waals surface area contributed by atoms with Crippen LogP contribution >= 0.6 is 27.5 Å². The molecule has 2 nitrogen and oxygen atoms in total. The Labute approximate surface area is 123 Å². The molecule has 0 atom stereocenters. The lowest BCUT2D eigenvalue weighted by Crippen LogP contribution is -2.01. The number of hydrogen-bond acceptors (Lipinski definition) is 2. The fraction of sp³-hybridized carbons (Fsp3) is 0.0714. The van der Waals surface area contributed by atoms with Crippen LogP contribution in [0.4, 0.5) is 10.1 Å². The Morgan fingerprint density at radius 2 is 2.05 bits per heavy atom. The number of halogens is 3. The van der Waals surface area contributed by atoms with Crippen LogP contribution in [0.1, 0.15) is 11.1 Å². The molecule has 0 heterocycles. The monoisotopic (exact) mass is 338 g/mol. The lowest BCUT2D eigenvalue weighted by molar-refractivity contribution is 0.627. The molecule has 2 aromatic carbocycles. The normalized spacial score (nSPS) is 10.0. The maximum absolute atomic E-state index is 13.0. The molecule has 0 unspecified atom stereocenters. The fourth-order valence-corrected chi connectivity index (χ4v) is 2.15. The lowest BCUT2D eigenvalue weighted by atomic mass is 10.1. The smallest absolute Gasteiger partial charge is 0.124 e. The first-order valence-electron chi connectivity index (χ1n) is 5.47. The van der Waals surface area contributed by atoms with Crippen molar-refractivity contribution < 1.29 is 4.39 Å². The first-order valence-corrected chi connectivity index (χ1v) is 6.64. The minimum Gasteiger partial charge on any atom is -0.380 e. The van der Waals surface area contributed by atoms with Crippen LogP contribution in [0.15, 0.2) is 40.9 Å². The summed E-state index contributed by atoms with van der Waals surface area (Å²) in [5, 5.41) is 12.7. The average molecular weight is 340 g/mol. The second-order valence-electron chi connectivity index (χ2n) is 3.90. The third-order valence-electron chi connectivity index (χ3n) is 2.57. The summed E-state index contributed by atoms with van der Waals surface area (Å²) in [6, 6.07) is 11.6. The molecule has 0 saturated carbocycles. The summed E-state index contributed by atoms with van der Waals surface area (Å²) < 4.78 is 13.8. The molecular weight excluding hydrogens is 331 g/mol. The van der Waals surface area contributed by atoms with Gasteiger partial charge in [-0.05, 0) is 51.8 Å². The van der Waals surface area contributed by atoms with E-state index in [2.05, 4.69) is 21.2 Å². The number of nitrogens with one attached hydrogen (secondary N) is 1. The average Bonchev–Trinajstić information content (AvgIpc) is 2.41. The molecule has 5 heteroatoms. The standard InChI is InChI=1S/C14H9BrClFN2/c15-12-5-9(1-3-13(12)16)8-19-14-4-2-11(17)6-10(14)7-18/h1-6,19H,8H2. The van der Waals surface area contributed by atoms with Gasteiger partial charge in [-0.15, -0.1) is 0 Å². The van der Waals surface area contributed by atoms with Crippen molar-refractivity contribution in [3.05, 3.63) is 62.8 Å². The molecule has 0 radical (unpaired) electrons. The van der Waals surface area contributed by atoms with Crippen LogP contribution in [0.2, 0.25) is 5.02 Å². The topological polar surface area (TPSA) is 35.8 Å². The number of nitriles is 1. The predicted molar refractivity (Wildman–Crippen MR) is 77.6 cm³/mol. The van der Waals surface area contributed by atoms with E-state index in [1.54, 1.807) is 12.1 Å².